The van der Waals surface area contributed by atoms with Crippen molar-refractivity contribution in [3.63, 3.8) is 0 Å². The van der Waals surface area contributed by atoms with Gasteiger partial charge in [-0.3, -0.25) is 0 Å². The van der Waals surface area contributed by atoms with Gasteiger partial charge in [0.2, 0.25) is 8.32 Å². The van der Waals surface area contributed by atoms with Crippen molar-refractivity contribution < 1.29 is 4.43 Å². The Kier molecular flexibility index (Phi) is 2.59. The molecule has 0 aromatic heterocycles. The van der Waals surface area contributed by atoms with Crippen molar-refractivity contribution in [2.24, 2.45) is 0 Å². The minimum absolute atomic E-state index is 0.295. The van der Waals surface area contributed by atoms with Gasteiger partial charge in [-0.05, 0) is 11.1 Å². The third kappa shape index (κ3) is 1.54. The Morgan fingerprint density at radius 2 is 1.92 bits per heavy atom. The molecule has 0 radical (unpaired) electrons. The molecule has 1 aliphatic heterocycles. The standard InChI is InChI=1S/C10H18OSi/c1-10(2,3)12(11-4)8-6-5-7-9-12/h5-8H,9H2,1-4H3. The van der Waals surface area contributed by atoms with Crippen LogP contribution in [0.25, 0.3) is 0 Å². The van der Waals surface area contributed by atoms with Gasteiger partial charge in [0.05, 0.1) is 0 Å². The third-order valence-electron chi connectivity index (χ3n) is 2.67. The molecule has 12 heavy (non-hydrogen) atoms. The minimum atomic E-state index is -1.63. The molecule has 0 fully saturated rings. The topological polar surface area (TPSA) is 9.23 Å². The molecule has 0 aromatic carbocycles. The fraction of sp³-hybridized carbons (Fsp3) is 0.600. The maximum absolute atomic E-state index is 5.74. The van der Waals surface area contributed by atoms with Crippen molar-refractivity contribution in [1.82, 2.24) is 0 Å². The first-order valence-corrected chi connectivity index (χ1v) is 6.61. The van der Waals surface area contributed by atoms with E-state index < -0.39 is 8.32 Å². The lowest BCUT2D eigenvalue weighted by Crippen LogP contribution is -2.44. The summed E-state index contributed by atoms with van der Waals surface area (Å²) >= 11 is 0. The van der Waals surface area contributed by atoms with E-state index in [0.29, 0.717) is 5.04 Å². The van der Waals surface area contributed by atoms with Gasteiger partial charge in [0.15, 0.2) is 0 Å². The van der Waals surface area contributed by atoms with E-state index in [9.17, 15) is 0 Å². The molecule has 0 aromatic rings. The first kappa shape index (κ1) is 9.74. The van der Waals surface area contributed by atoms with Gasteiger partial charge in [-0.25, -0.2) is 0 Å². The lowest BCUT2D eigenvalue weighted by Gasteiger charge is -2.39. The van der Waals surface area contributed by atoms with E-state index in [0.717, 1.165) is 6.04 Å². The van der Waals surface area contributed by atoms with Gasteiger partial charge in [-0.2, -0.15) is 0 Å². The van der Waals surface area contributed by atoms with Crippen LogP contribution < -0.4 is 0 Å². The van der Waals surface area contributed by atoms with Gasteiger partial charge in [0, 0.05) is 7.11 Å². The molecule has 0 amide bonds. The average molecular weight is 182 g/mol. The SMILES string of the molecule is CO[Si]1(C(C)(C)C)C=CC=CC1. The number of hydrogen-bond donors (Lipinski definition) is 0. The van der Waals surface area contributed by atoms with Crippen LogP contribution in [0.1, 0.15) is 20.8 Å². The molecular formula is C10H18OSi. The highest BCUT2D eigenvalue weighted by atomic mass is 28.4. The van der Waals surface area contributed by atoms with E-state index in [1.807, 2.05) is 7.11 Å². The third-order valence-corrected chi connectivity index (χ3v) is 7.51. The molecule has 2 heteroatoms. The van der Waals surface area contributed by atoms with E-state index in [-0.39, 0.29) is 0 Å². The molecular weight excluding hydrogens is 164 g/mol. The highest BCUT2D eigenvalue weighted by molar-refractivity contribution is 6.82. The zero-order valence-electron chi connectivity index (χ0n) is 8.42. The highest BCUT2D eigenvalue weighted by Crippen LogP contribution is 2.41. The van der Waals surface area contributed by atoms with Crippen LogP contribution in [0.4, 0.5) is 0 Å². The molecule has 0 bridgehead atoms. The van der Waals surface area contributed by atoms with E-state index in [2.05, 4.69) is 44.7 Å². The number of rotatable bonds is 1. The molecule has 0 aliphatic carbocycles. The zero-order chi connectivity index (χ0) is 9.24. The lowest BCUT2D eigenvalue weighted by molar-refractivity contribution is 0.374. The molecule has 0 saturated heterocycles. The van der Waals surface area contributed by atoms with Gasteiger partial charge in [-0.1, -0.05) is 44.7 Å². The first-order chi connectivity index (χ1) is 5.52. The second-order valence-corrected chi connectivity index (χ2v) is 8.76. The Morgan fingerprint density at radius 3 is 2.17 bits per heavy atom. The van der Waals surface area contributed by atoms with Crippen molar-refractivity contribution in [1.29, 1.82) is 0 Å². The first-order valence-electron chi connectivity index (χ1n) is 4.41. The second kappa shape index (κ2) is 3.19. The van der Waals surface area contributed by atoms with Gasteiger partial charge >= 0.3 is 0 Å². The molecule has 0 spiro atoms. The van der Waals surface area contributed by atoms with Crippen LogP contribution in [-0.2, 0) is 4.43 Å². The summed E-state index contributed by atoms with van der Waals surface area (Å²) in [6.45, 7) is 6.81. The van der Waals surface area contributed by atoms with Gasteiger partial charge in [-0.15, -0.1) is 0 Å². The van der Waals surface area contributed by atoms with E-state index in [1.54, 1.807) is 0 Å². The maximum atomic E-state index is 5.74. The van der Waals surface area contributed by atoms with Crippen LogP contribution in [0.5, 0.6) is 0 Å². The van der Waals surface area contributed by atoms with Crippen LogP contribution in [0.15, 0.2) is 23.9 Å². The van der Waals surface area contributed by atoms with E-state index in [1.165, 1.54) is 0 Å². The summed E-state index contributed by atoms with van der Waals surface area (Å²) in [5.74, 6) is 0. The monoisotopic (exact) mass is 182 g/mol. The summed E-state index contributed by atoms with van der Waals surface area (Å²) in [5, 5.41) is 0.295. The molecule has 1 aliphatic rings. The molecule has 1 atom stereocenters. The summed E-state index contributed by atoms with van der Waals surface area (Å²) in [4.78, 5) is 0. The van der Waals surface area contributed by atoms with Crippen molar-refractivity contribution in [2.45, 2.75) is 31.9 Å². The average Bonchev–Trinajstić information content (AvgIpc) is 2.04. The number of allylic oxidation sites excluding steroid dienone is 3. The van der Waals surface area contributed by atoms with Gasteiger partial charge < -0.3 is 4.43 Å². The minimum Gasteiger partial charge on any atom is -0.415 e. The summed E-state index contributed by atoms with van der Waals surface area (Å²) in [7, 11) is 0.223. The normalized spacial score (nSPS) is 29.3. The van der Waals surface area contributed by atoms with Crippen LogP contribution in [0, 0.1) is 0 Å². The van der Waals surface area contributed by atoms with Crippen LogP contribution in [-0.4, -0.2) is 15.4 Å². The summed E-state index contributed by atoms with van der Waals surface area (Å²) in [6.07, 6.45) is 6.46. The Morgan fingerprint density at radius 1 is 1.25 bits per heavy atom. The molecule has 1 heterocycles. The largest absolute Gasteiger partial charge is 0.415 e. The summed E-state index contributed by atoms with van der Waals surface area (Å²) in [5.41, 5.74) is 2.30. The molecule has 1 rings (SSSR count). The van der Waals surface area contributed by atoms with E-state index >= 15 is 0 Å². The van der Waals surface area contributed by atoms with Gasteiger partial charge in [0.25, 0.3) is 0 Å². The second-order valence-electron chi connectivity index (χ2n) is 4.34. The Labute approximate surface area is 76.3 Å². The van der Waals surface area contributed by atoms with Crippen molar-refractivity contribution in [3.8, 4) is 0 Å². The van der Waals surface area contributed by atoms with Crippen LogP contribution >= 0.6 is 0 Å². The van der Waals surface area contributed by atoms with E-state index in [4.69, 9.17) is 4.43 Å². The molecule has 1 nitrogen and oxygen atoms in total. The molecule has 0 N–H and O–H groups in total. The Bertz CT molecular complexity index is 212. The van der Waals surface area contributed by atoms with Crippen LogP contribution in [0.3, 0.4) is 0 Å². The predicted molar refractivity (Wildman–Crippen MR) is 55.6 cm³/mol. The maximum Gasteiger partial charge on any atom is 0.225 e. The smallest absolute Gasteiger partial charge is 0.225 e. The van der Waals surface area contributed by atoms with Crippen molar-refractivity contribution in [3.05, 3.63) is 23.9 Å². The quantitative estimate of drug-likeness (QED) is 0.566. The summed E-state index contributed by atoms with van der Waals surface area (Å²) < 4.78 is 5.74. The Balaban J connectivity index is 2.91. The van der Waals surface area contributed by atoms with Crippen LogP contribution in [0.2, 0.25) is 11.1 Å². The lowest BCUT2D eigenvalue weighted by atomic mass is 10.2. The fourth-order valence-corrected chi connectivity index (χ4v) is 4.69. The summed E-state index contributed by atoms with van der Waals surface area (Å²) in [6, 6.07) is 1.11. The van der Waals surface area contributed by atoms with Gasteiger partial charge in [0.1, 0.15) is 0 Å². The molecule has 0 saturated carbocycles. The highest BCUT2D eigenvalue weighted by Gasteiger charge is 2.43. The molecule has 1 unspecified atom stereocenters. The number of hydrogen-bond acceptors (Lipinski definition) is 1. The predicted octanol–water partition coefficient (Wildman–Crippen LogP) is 3.04. The Hall–Kier alpha value is -0.343. The van der Waals surface area contributed by atoms with Crippen molar-refractivity contribution >= 4 is 8.32 Å². The molecule has 68 valence electrons. The fourth-order valence-electron chi connectivity index (χ4n) is 1.61. The zero-order valence-corrected chi connectivity index (χ0v) is 9.42. The van der Waals surface area contributed by atoms with Crippen molar-refractivity contribution in [2.75, 3.05) is 7.11 Å².